The molecule has 18 heavy (non-hydrogen) atoms. The fourth-order valence-corrected chi connectivity index (χ4v) is 2.98. The van der Waals surface area contributed by atoms with Crippen LogP contribution >= 0.6 is 15.9 Å². The Morgan fingerprint density at radius 1 is 1.44 bits per heavy atom. The van der Waals surface area contributed by atoms with Crippen LogP contribution in [0.2, 0.25) is 0 Å². The Kier molecular flexibility index (Phi) is 3.20. The summed E-state index contributed by atoms with van der Waals surface area (Å²) in [6, 6.07) is 2.46. The van der Waals surface area contributed by atoms with Gasteiger partial charge >= 0.3 is 0 Å². The van der Waals surface area contributed by atoms with E-state index in [4.69, 9.17) is 4.74 Å². The number of aromatic nitrogens is 1. The van der Waals surface area contributed by atoms with Crippen LogP contribution in [-0.2, 0) is 4.74 Å². The summed E-state index contributed by atoms with van der Waals surface area (Å²) in [6.07, 6.45) is 5.52. The predicted molar refractivity (Wildman–Crippen MR) is 71.7 cm³/mol. The minimum atomic E-state index is 0.132. The molecule has 1 saturated heterocycles. The predicted octanol–water partition coefficient (Wildman–Crippen LogP) is 2.45. The summed E-state index contributed by atoms with van der Waals surface area (Å²) in [6.45, 7) is 1.51. The lowest BCUT2D eigenvalue weighted by Crippen LogP contribution is -2.31. The first-order chi connectivity index (χ1) is 8.69. The average Bonchev–Trinajstić information content (AvgIpc) is 2.97. The first kappa shape index (κ1) is 12.2. The highest BCUT2D eigenvalue weighted by atomic mass is 79.9. The van der Waals surface area contributed by atoms with Crippen LogP contribution < -0.4 is 0 Å². The van der Waals surface area contributed by atoms with Crippen molar-refractivity contribution in [2.45, 2.75) is 31.4 Å². The summed E-state index contributed by atoms with van der Waals surface area (Å²) in [7, 11) is 1.71. The molecular formula is C13H17BrN2O2. The van der Waals surface area contributed by atoms with Gasteiger partial charge in [0, 0.05) is 36.9 Å². The average molecular weight is 313 g/mol. The molecule has 1 amide bonds. The molecule has 2 heterocycles. The molecule has 1 atom stereocenters. The van der Waals surface area contributed by atoms with Crippen molar-refractivity contribution >= 4 is 21.8 Å². The molecule has 0 bridgehead atoms. The van der Waals surface area contributed by atoms with Gasteiger partial charge in [-0.25, -0.2) is 0 Å². The Labute approximate surface area is 115 Å². The van der Waals surface area contributed by atoms with Crippen LogP contribution in [0.25, 0.3) is 0 Å². The Morgan fingerprint density at radius 3 is 2.83 bits per heavy atom. The van der Waals surface area contributed by atoms with Crippen LogP contribution in [0.1, 0.15) is 35.8 Å². The number of rotatable bonds is 3. The van der Waals surface area contributed by atoms with E-state index in [-0.39, 0.29) is 12.0 Å². The van der Waals surface area contributed by atoms with Gasteiger partial charge in [0.25, 0.3) is 5.91 Å². The van der Waals surface area contributed by atoms with Gasteiger partial charge in [0.2, 0.25) is 0 Å². The van der Waals surface area contributed by atoms with Crippen molar-refractivity contribution in [3.63, 3.8) is 0 Å². The molecule has 5 heteroatoms. The molecule has 2 aliphatic rings. The molecule has 1 unspecified atom stereocenters. The summed E-state index contributed by atoms with van der Waals surface area (Å²) >= 11 is 3.47. The quantitative estimate of drug-likeness (QED) is 0.859. The number of halogens is 1. The summed E-state index contributed by atoms with van der Waals surface area (Å²) in [5.41, 5.74) is 0.807. The largest absolute Gasteiger partial charge is 0.380 e. The highest BCUT2D eigenvalue weighted by Gasteiger charge is 2.32. The highest BCUT2D eigenvalue weighted by Crippen LogP contribution is 2.38. The monoisotopic (exact) mass is 312 g/mol. The SMILES string of the molecule is COC1CCN(C(=O)c2cc(Br)cn2C2CC2)C1. The zero-order valence-corrected chi connectivity index (χ0v) is 12.0. The molecule has 0 N–H and O–H groups in total. The number of amides is 1. The van der Waals surface area contributed by atoms with Crippen molar-refractivity contribution in [1.29, 1.82) is 0 Å². The van der Waals surface area contributed by atoms with E-state index in [2.05, 4.69) is 20.5 Å². The van der Waals surface area contributed by atoms with Crippen LogP contribution in [0.4, 0.5) is 0 Å². The number of ether oxygens (including phenoxy) is 1. The van der Waals surface area contributed by atoms with E-state index in [1.165, 1.54) is 12.8 Å². The number of hydrogen-bond donors (Lipinski definition) is 0. The van der Waals surface area contributed by atoms with Crippen LogP contribution in [0, 0.1) is 0 Å². The van der Waals surface area contributed by atoms with E-state index in [1.807, 2.05) is 17.2 Å². The normalized spacial score (nSPS) is 23.7. The van der Waals surface area contributed by atoms with Crippen molar-refractivity contribution < 1.29 is 9.53 Å². The number of carbonyl (C=O) groups is 1. The van der Waals surface area contributed by atoms with Crippen LogP contribution in [0.3, 0.4) is 0 Å². The van der Waals surface area contributed by atoms with Crippen LogP contribution in [-0.4, -0.2) is 41.7 Å². The lowest BCUT2D eigenvalue weighted by Gasteiger charge is -2.17. The lowest BCUT2D eigenvalue weighted by atomic mass is 10.3. The fourth-order valence-electron chi connectivity index (χ4n) is 2.54. The second-order valence-electron chi connectivity index (χ2n) is 5.08. The maximum absolute atomic E-state index is 12.5. The van der Waals surface area contributed by atoms with E-state index in [1.54, 1.807) is 7.11 Å². The van der Waals surface area contributed by atoms with E-state index in [0.29, 0.717) is 12.6 Å². The molecule has 98 valence electrons. The standard InChI is InChI=1S/C13H17BrN2O2/c1-18-11-4-5-15(8-11)13(17)12-6-9(14)7-16(12)10-2-3-10/h6-7,10-11H,2-5,8H2,1H3. The minimum absolute atomic E-state index is 0.132. The molecule has 1 aromatic heterocycles. The molecule has 1 aliphatic carbocycles. The van der Waals surface area contributed by atoms with Gasteiger partial charge in [0.05, 0.1) is 6.10 Å². The van der Waals surface area contributed by atoms with E-state index in [9.17, 15) is 4.79 Å². The molecule has 0 aromatic carbocycles. The maximum Gasteiger partial charge on any atom is 0.270 e. The van der Waals surface area contributed by atoms with Crippen molar-refractivity contribution in [1.82, 2.24) is 9.47 Å². The first-order valence-electron chi connectivity index (χ1n) is 6.38. The zero-order chi connectivity index (χ0) is 12.7. The van der Waals surface area contributed by atoms with Gasteiger partial charge in [0.15, 0.2) is 0 Å². The summed E-state index contributed by atoms with van der Waals surface area (Å²) in [5.74, 6) is 0.132. The second kappa shape index (κ2) is 4.70. The second-order valence-corrected chi connectivity index (χ2v) is 6.00. The number of likely N-dealkylation sites (tertiary alicyclic amines) is 1. The molecule has 1 aromatic rings. The van der Waals surface area contributed by atoms with Gasteiger partial charge in [-0.3, -0.25) is 4.79 Å². The van der Waals surface area contributed by atoms with E-state index in [0.717, 1.165) is 23.1 Å². The van der Waals surface area contributed by atoms with Crippen LogP contribution in [0.5, 0.6) is 0 Å². The van der Waals surface area contributed by atoms with Crippen molar-refractivity contribution in [3.8, 4) is 0 Å². The third-order valence-electron chi connectivity index (χ3n) is 3.74. The third kappa shape index (κ3) is 2.21. The zero-order valence-electron chi connectivity index (χ0n) is 10.4. The van der Waals surface area contributed by atoms with E-state index < -0.39 is 0 Å². The Bertz CT molecular complexity index is 468. The van der Waals surface area contributed by atoms with Gasteiger partial charge < -0.3 is 14.2 Å². The molecule has 0 spiro atoms. The van der Waals surface area contributed by atoms with Crippen molar-refractivity contribution in [2.24, 2.45) is 0 Å². The van der Waals surface area contributed by atoms with Gasteiger partial charge in [-0.2, -0.15) is 0 Å². The Morgan fingerprint density at radius 2 is 2.22 bits per heavy atom. The highest BCUT2D eigenvalue weighted by molar-refractivity contribution is 9.10. The minimum Gasteiger partial charge on any atom is -0.380 e. The summed E-state index contributed by atoms with van der Waals surface area (Å²) < 4.78 is 8.42. The Balaban J connectivity index is 1.80. The number of carbonyl (C=O) groups excluding carboxylic acids is 1. The molecular weight excluding hydrogens is 296 g/mol. The fraction of sp³-hybridized carbons (Fsp3) is 0.615. The summed E-state index contributed by atoms with van der Waals surface area (Å²) in [4.78, 5) is 14.4. The molecule has 3 rings (SSSR count). The summed E-state index contributed by atoms with van der Waals surface area (Å²) in [5, 5.41) is 0. The molecule has 4 nitrogen and oxygen atoms in total. The Hall–Kier alpha value is -0.810. The molecule has 1 saturated carbocycles. The van der Waals surface area contributed by atoms with Gasteiger partial charge in [0.1, 0.15) is 5.69 Å². The molecule has 2 fully saturated rings. The number of methoxy groups -OCH3 is 1. The lowest BCUT2D eigenvalue weighted by molar-refractivity contribution is 0.0714. The van der Waals surface area contributed by atoms with Gasteiger partial charge in [-0.05, 0) is 41.3 Å². The third-order valence-corrected chi connectivity index (χ3v) is 4.17. The van der Waals surface area contributed by atoms with Crippen molar-refractivity contribution in [2.75, 3.05) is 20.2 Å². The van der Waals surface area contributed by atoms with Crippen LogP contribution in [0.15, 0.2) is 16.7 Å². The molecule has 0 radical (unpaired) electrons. The van der Waals surface area contributed by atoms with Crippen molar-refractivity contribution in [3.05, 3.63) is 22.4 Å². The number of nitrogens with zero attached hydrogens (tertiary/aromatic N) is 2. The first-order valence-corrected chi connectivity index (χ1v) is 7.18. The smallest absolute Gasteiger partial charge is 0.270 e. The maximum atomic E-state index is 12.5. The van der Waals surface area contributed by atoms with Gasteiger partial charge in [-0.15, -0.1) is 0 Å². The number of hydrogen-bond acceptors (Lipinski definition) is 2. The molecule has 1 aliphatic heterocycles. The van der Waals surface area contributed by atoms with E-state index >= 15 is 0 Å². The van der Waals surface area contributed by atoms with Gasteiger partial charge in [-0.1, -0.05) is 0 Å². The topological polar surface area (TPSA) is 34.5 Å².